The molecule has 0 aliphatic carbocycles. The molecule has 1 atom stereocenters. The van der Waals surface area contributed by atoms with Crippen molar-refractivity contribution < 1.29 is 14.0 Å². The Labute approximate surface area is 187 Å². The van der Waals surface area contributed by atoms with Gasteiger partial charge in [0, 0.05) is 22.9 Å². The van der Waals surface area contributed by atoms with Gasteiger partial charge in [-0.15, -0.1) is 10.2 Å². The molecule has 160 valence electrons. The molecule has 1 fully saturated rings. The first-order valence-electron chi connectivity index (χ1n) is 9.65. The maximum absolute atomic E-state index is 13.8. The number of halogens is 2. The monoisotopic (exact) mass is 459 g/mol. The fourth-order valence-corrected chi connectivity index (χ4v) is 4.42. The number of carbonyl (C=O) groups excluding carboxylic acids is 2. The van der Waals surface area contributed by atoms with Gasteiger partial charge in [-0.05, 0) is 55.7 Å². The van der Waals surface area contributed by atoms with Gasteiger partial charge < -0.3 is 15.5 Å². The molecular formula is C21H19ClFN5O2S. The summed E-state index contributed by atoms with van der Waals surface area (Å²) in [5.41, 5.74) is 1.45. The van der Waals surface area contributed by atoms with Crippen LogP contribution in [0.15, 0.2) is 42.5 Å². The van der Waals surface area contributed by atoms with Crippen LogP contribution in [0.5, 0.6) is 0 Å². The van der Waals surface area contributed by atoms with E-state index in [4.69, 9.17) is 11.6 Å². The maximum atomic E-state index is 13.8. The zero-order chi connectivity index (χ0) is 22.0. The number of benzene rings is 2. The van der Waals surface area contributed by atoms with Crippen LogP contribution in [0.25, 0.3) is 0 Å². The summed E-state index contributed by atoms with van der Waals surface area (Å²) in [6.45, 7) is 2.20. The lowest BCUT2D eigenvalue weighted by Crippen LogP contribution is -2.34. The van der Waals surface area contributed by atoms with E-state index in [2.05, 4.69) is 20.8 Å². The van der Waals surface area contributed by atoms with E-state index in [1.54, 1.807) is 48.2 Å². The van der Waals surface area contributed by atoms with E-state index in [0.29, 0.717) is 39.9 Å². The highest BCUT2D eigenvalue weighted by atomic mass is 35.5. The highest BCUT2D eigenvalue weighted by Crippen LogP contribution is 2.34. The number of rotatable bonds is 4. The van der Waals surface area contributed by atoms with Crippen molar-refractivity contribution >= 4 is 46.3 Å². The third-order valence-corrected chi connectivity index (χ3v) is 6.20. The van der Waals surface area contributed by atoms with Crippen molar-refractivity contribution in [2.45, 2.75) is 25.8 Å². The second-order valence-electron chi connectivity index (χ2n) is 7.16. The summed E-state index contributed by atoms with van der Waals surface area (Å²) in [6, 6.07) is 10.7. The smallest absolute Gasteiger partial charge is 0.320 e. The number of urea groups is 1. The Morgan fingerprint density at radius 1 is 1.16 bits per heavy atom. The molecule has 4 rings (SSSR count). The molecule has 1 unspecified atom stereocenters. The van der Waals surface area contributed by atoms with E-state index in [1.807, 2.05) is 0 Å². The first kappa shape index (κ1) is 21.2. The predicted molar refractivity (Wildman–Crippen MR) is 118 cm³/mol. The molecule has 10 heteroatoms. The Balaban J connectivity index is 1.45. The minimum atomic E-state index is -0.393. The standard InChI is InChI=1S/C21H19ClFN5O2S/c1-12-7-8-15(11-16(12)23)25-21(30)28-9-3-6-17(28)19-26-27-20(31-19)18(29)24-14-5-2-4-13(22)10-14/h2,4-5,7-8,10-11,17H,3,6,9H2,1H3,(H,24,29)(H,25,30). The molecule has 1 aromatic heterocycles. The number of amides is 3. The molecule has 1 aliphatic rings. The molecule has 1 aliphatic heterocycles. The van der Waals surface area contributed by atoms with Gasteiger partial charge in [-0.3, -0.25) is 4.79 Å². The van der Waals surface area contributed by atoms with Crippen molar-refractivity contribution in [3.63, 3.8) is 0 Å². The third kappa shape index (κ3) is 4.83. The van der Waals surface area contributed by atoms with Crippen molar-refractivity contribution in [1.82, 2.24) is 15.1 Å². The highest BCUT2D eigenvalue weighted by molar-refractivity contribution is 7.13. The van der Waals surface area contributed by atoms with E-state index in [-0.39, 0.29) is 22.9 Å². The maximum Gasteiger partial charge on any atom is 0.322 e. The molecule has 0 spiro atoms. The van der Waals surface area contributed by atoms with Crippen molar-refractivity contribution in [3.05, 3.63) is 68.9 Å². The number of carbonyl (C=O) groups is 2. The van der Waals surface area contributed by atoms with Crippen LogP contribution in [-0.4, -0.2) is 33.6 Å². The first-order chi connectivity index (χ1) is 14.9. The van der Waals surface area contributed by atoms with Crippen LogP contribution in [0.4, 0.5) is 20.6 Å². The number of anilines is 2. The SMILES string of the molecule is Cc1ccc(NC(=O)N2CCCC2c2nnc(C(=O)Nc3cccc(Cl)c3)s2)cc1F. The molecular weight excluding hydrogens is 441 g/mol. The van der Waals surface area contributed by atoms with E-state index >= 15 is 0 Å². The van der Waals surface area contributed by atoms with Gasteiger partial charge in [-0.1, -0.05) is 35.1 Å². The van der Waals surface area contributed by atoms with Crippen LogP contribution < -0.4 is 10.6 Å². The molecule has 1 saturated heterocycles. The molecule has 2 N–H and O–H groups in total. The summed E-state index contributed by atoms with van der Waals surface area (Å²) in [4.78, 5) is 26.9. The minimum absolute atomic E-state index is 0.197. The Hall–Kier alpha value is -3.04. The lowest BCUT2D eigenvalue weighted by Gasteiger charge is -2.23. The molecule has 7 nitrogen and oxygen atoms in total. The Morgan fingerprint density at radius 2 is 1.97 bits per heavy atom. The molecule has 31 heavy (non-hydrogen) atoms. The lowest BCUT2D eigenvalue weighted by molar-refractivity contribution is 0.102. The zero-order valence-electron chi connectivity index (χ0n) is 16.6. The van der Waals surface area contributed by atoms with Gasteiger partial charge in [0.25, 0.3) is 5.91 Å². The van der Waals surface area contributed by atoms with Gasteiger partial charge in [0.1, 0.15) is 10.8 Å². The minimum Gasteiger partial charge on any atom is -0.320 e. The Morgan fingerprint density at radius 3 is 2.74 bits per heavy atom. The summed E-state index contributed by atoms with van der Waals surface area (Å²) in [5, 5.41) is 14.9. The first-order valence-corrected chi connectivity index (χ1v) is 10.8. The summed E-state index contributed by atoms with van der Waals surface area (Å²) in [5.74, 6) is -0.773. The molecule has 2 heterocycles. The quantitative estimate of drug-likeness (QED) is 0.557. The predicted octanol–water partition coefficient (Wildman–Crippen LogP) is 5.26. The van der Waals surface area contributed by atoms with Gasteiger partial charge in [-0.25, -0.2) is 9.18 Å². The van der Waals surface area contributed by atoms with Crippen LogP contribution in [0.3, 0.4) is 0 Å². The van der Waals surface area contributed by atoms with E-state index in [0.717, 1.165) is 17.8 Å². The summed E-state index contributed by atoms with van der Waals surface area (Å²) >= 11 is 7.09. The average molecular weight is 460 g/mol. The van der Waals surface area contributed by atoms with Crippen LogP contribution in [0, 0.1) is 12.7 Å². The summed E-state index contributed by atoms with van der Waals surface area (Å²) in [6.07, 6.45) is 1.50. The topological polar surface area (TPSA) is 87.2 Å². The second kappa shape index (κ2) is 8.99. The van der Waals surface area contributed by atoms with Crippen LogP contribution in [-0.2, 0) is 0 Å². The number of hydrogen-bond donors (Lipinski definition) is 2. The molecule has 0 bridgehead atoms. The summed E-state index contributed by atoms with van der Waals surface area (Å²) < 4.78 is 13.8. The van der Waals surface area contributed by atoms with Gasteiger partial charge >= 0.3 is 6.03 Å². The number of nitrogens with zero attached hydrogens (tertiary/aromatic N) is 3. The largest absolute Gasteiger partial charge is 0.322 e. The summed E-state index contributed by atoms with van der Waals surface area (Å²) in [7, 11) is 0. The lowest BCUT2D eigenvalue weighted by atomic mass is 10.2. The van der Waals surface area contributed by atoms with E-state index < -0.39 is 5.91 Å². The second-order valence-corrected chi connectivity index (χ2v) is 8.60. The van der Waals surface area contributed by atoms with Crippen molar-refractivity contribution in [2.24, 2.45) is 0 Å². The van der Waals surface area contributed by atoms with Crippen LogP contribution >= 0.6 is 22.9 Å². The Bertz CT molecular complexity index is 1140. The van der Waals surface area contributed by atoms with Crippen molar-refractivity contribution in [3.8, 4) is 0 Å². The van der Waals surface area contributed by atoms with Crippen molar-refractivity contribution in [1.29, 1.82) is 0 Å². The molecule has 0 radical (unpaired) electrons. The molecule has 3 aromatic rings. The third-order valence-electron chi connectivity index (χ3n) is 4.94. The van der Waals surface area contributed by atoms with Gasteiger partial charge in [-0.2, -0.15) is 0 Å². The zero-order valence-corrected chi connectivity index (χ0v) is 18.1. The number of hydrogen-bond acceptors (Lipinski definition) is 5. The molecule has 2 aromatic carbocycles. The molecule has 0 saturated carbocycles. The average Bonchev–Trinajstić information content (AvgIpc) is 3.40. The fourth-order valence-electron chi connectivity index (χ4n) is 3.34. The van der Waals surface area contributed by atoms with Crippen molar-refractivity contribution in [2.75, 3.05) is 17.2 Å². The number of likely N-dealkylation sites (tertiary alicyclic amines) is 1. The van der Waals surface area contributed by atoms with Gasteiger partial charge in [0.05, 0.1) is 6.04 Å². The van der Waals surface area contributed by atoms with Crippen LogP contribution in [0.2, 0.25) is 5.02 Å². The van der Waals surface area contributed by atoms with Crippen LogP contribution in [0.1, 0.15) is 39.3 Å². The van der Waals surface area contributed by atoms with Gasteiger partial charge in [0.2, 0.25) is 5.01 Å². The highest BCUT2D eigenvalue weighted by Gasteiger charge is 2.33. The number of nitrogens with one attached hydrogen (secondary N) is 2. The van der Waals surface area contributed by atoms with Gasteiger partial charge in [0.15, 0.2) is 0 Å². The normalized spacial score (nSPS) is 15.7. The van der Waals surface area contributed by atoms with E-state index in [9.17, 15) is 14.0 Å². The number of aromatic nitrogens is 2. The Kier molecular flexibility index (Phi) is 6.15. The fraction of sp³-hybridized carbons (Fsp3) is 0.238. The molecule has 3 amide bonds. The number of aryl methyl sites for hydroxylation is 1. The van der Waals surface area contributed by atoms with E-state index in [1.165, 1.54) is 6.07 Å².